The quantitative estimate of drug-likeness (QED) is 0.0711. The molecule has 0 unspecified atom stereocenters. The van der Waals surface area contributed by atoms with E-state index >= 15 is 0 Å². The molecule has 0 fully saturated rings. The van der Waals surface area contributed by atoms with E-state index in [1.165, 1.54) is 34.4 Å². The van der Waals surface area contributed by atoms with Gasteiger partial charge in [-0.3, -0.25) is 14.4 Å². The van der Waals surface area contributed by atoms with Crippen molar-refractivity contribution in [1.29, 1.82) is 0 Å². The second kappa shape index (κ2) is 15.8. The van der Waals surface area contributed by atoms with Crippen LogP contribution in [0.1, 0.15) is 32.5 Å². The first-order valence-electron chi connectivity index (χ1n) is 14.2. The molecule has 0 saturated carbocycles. The molecule has 0 aliphatic rings. The number of benzene rings is 3. The molecule has 0 bridgehead atoms. The van der Waals surface area contributed by atoms with Gasteiger partial charge in [0.15, 0.2) is 0 Å². The second-order valence-corrected chi connectivity index (χ2v) is 12.6. The molecule has 0 aliphatic carbocycles. The number of ether oxygens (including phenoxy) is 1. The van der Waals surface area contributed by atoms with Gasteiger partial charge in [-0.15, -0.1) is 34.4 Å². The van der Waals surface area contributed by atoms with Crippen LogP contribution in [0, 0.1) is 0 Å². The molecule has 0 atom stereocenters. The number of rotatable bonds is 12. The largest absolute Gasteiger partial charge is 0.462 e. The summed E-state index contributed by atoms with van der Waals surface area (Å²) in [4.78, 5) is 53.6. The number of carbonyl (C=O) groups is 4. The maximum Gasteiger partial charge on any atom is 0.341 e. The molecule has 8 nitrogen and oxygen atoms in total. The fourth-order valence-corrected chi connectivity index (χ4v) is 6.70. The van der Waals surface area contributed by atoms with Gasteiger partial charge in [0.1, 0.15) is 16.3 Å². The Morgan fingerprint density at radius 2 is 1.61 bits per heavy atom. The molecule has 2 heterocycles. The summed E-state index contributed by atoms with van der Waals surface area (Å²) in [5.74, 6) is -1.62. The Morgan fingerprint density at radius 1 is 0.848 bits per heavy atom. The lowest BCUT2D eigenvalue weighted by Crippen LogP contribution is -2.30. The van der Waals surface area contributed by atoms with Crippen molar-refractivity contribution in [3.63, 3.8) is 0 Å². The molecule has 0 spiro atoms. The first-order chi connectivity index (χ1) is 22.4. The SMILES string of the molecule is CCOC(=O)c1c(-c2ccccc2)csc1NC(=O)CSc1cccc(NC(=O)/C(=C/c2cccs2)NC(=O)c2ccccc2)c1. The van der Waals surface area contributed by atoms with Crippen molar-refractivity contribution in [2.45, 2.75) is 11.8 Å². The summed E-state index contributed by atoms with van der Waals surface area (Å²) in [6.45, 7) is 1.95. The zero-order chi connectivity index (χ0) is 32.3. The summed E-state index contributed by atoms with van der Waals surface area (Å²) < 4.78 is 5.28. The summed E-state index contributed by atoms with van der Waals surface area (Å²) in [6.07, 6.45) is 1.63. The molecule has 11 heteroatoms. The molecule has 5 aromatic rings. The highest BCUT2D eigenvalue weighted by Gasteiger charge is 2.23. The molecular weight excluding hydrogens is 639 g/mol. The Kier molecular flexibility index (Phi) is 11.2. The number of esters is 1. The van der Waals surface area contributed by atoms with Crippen molar-refractivity contribution in [3.05, 3.63) is 130 Å². The summed E-state index contributed by atoms with van der Waals surface area (Å²) in [5, 5.41) is 12.6. The van der Waals surface area contributed by atoms with Gasteiger partial charge in [0.05, 0.1) is 12.4 Å². The molecule has 3 amide bonds. The Labute approximate surface area is 278 Å². The highest BCUT2D eigenvalue weighted by Crippen LogP contribution is 2.36. The van der Waals surface area contributed by atoms with Gasteiger partial charge in [-0.05, 0) is 60.3 Å². The summed E-state index contributed by atoms with van der Waals surface area (Å²) in [5.41, 5.74) is 2.89. The third-order valence-corrected chi connectivity index (χ3v) is 9.14. The minimum Gasteiger partial charge on any atom is -0.462 e. The lowest BCUT2D eigenvalue weighted by molar-refractivity contribution is -0.114. The predicted octanol–water partition coefficient (Wildman–Crippen LogP) is 7.79. The highest BCUT2D eigenvalue weighted by atomic mass is 32.2. The van der Waals surface area contributed by atoms with Crippen LogP contribution in [0.3, 0.4) is 0 Å². The van der Waals surface area contributed by atoms with Gasteiger partial charge in [-0.2, -0.15) is 0 Å². The topological polar surface area (TPSA) is 114 Å². The van der Waals surface area contributed by atoms with Gasteiger partial charge >= 0.3 is 5.97 Å². The highest BCUT2D eigenvalue weighted by molar-refractivity contribution is 8.00. The van der Waals surface area contributed by atoms with Crippen LogP contribution >= 0.6 is 34.4 Å². The van der Waals surface area contributed by atoms with E-state index in [2.05, 4.69) is 16.0 Å². The predicted molar refractivity (Wildman–Crippen MR) is 186 cm³/mol. The van der Waals surface area contributed by atoms with E-state index in [0.717, 1.165) is 15.3 Å². The van der Waals surface area contributed by atoms with Gasteiger partial charge in [0.25, 0.3) is 11.8 Å². The molecule has 3 aromatic carbocycles. The number of hydrogen-bond acceptors (Lipinski definition) is 8. The number of thioether (sulfide) groups is 1. The van der Waals surface area contributed by atoms with Crippen LogP contribution in [0.25, 0.3) is 17.2 Å². The van der Waals surface area contributed by atoms with Crippen LogP contribution in [0.5, 0.6) is 0 Å². The molecule has 3 N–H and O–H groups in total. The maximum absolute atomic E-state index is 13.3. The maximum atomic E-state index is 13.3. The monoisotopic (exact) mass is 667 g/mol. The van der Waals surface area contributed by atoms with Crippen molar-refractivity contribution >= 4 is 74.9 Å². The van der Waals surface area contributed by atoms with Crippen LogP contribution in [0.15, 0.2) is 118 Å². The molecule has 0 radical (unpaired) electrons. The Balaban J connectivity index is 1.25. The van der Waals surface area contributed by atoms with E-state index in [1.807, 2.05) is 65.4 Å². The van der Waals surface area contributed by atoms with Crippen molar-refractivity contribution in [1.82, 2.24) is 5.32 Å². The molecule has 0 saturated heterocycles. The molecule has 232 valence electrons. The smallest absolute Gasteiger partial charge is 0.341 e. The van der Waals surface area contributed by atoms with Gasteiger partial charge in [-0.25, -0.2) is 4.79 Å². The van der Waals surface area contributed by atoms with Gasteiger partial charge in [0.2, 0.25) is 5.91 Å². The van der Waals surface area contributed by atoms with Crippen molar-refractivity contribution in [3.8, 4) is 11.1 Å². The number of hydrogen-bond donors (Lipinski definition) is 3. The van der Waals surface area contributed by atoms with Gasteiger partial charge in [0, 0.05) is 32.0 Å². The molecule has 46 heavy (non-hydrogen) atoms. The minimum atomic E-state index is -0.499. The van der Waals surface area contributed by atoms with E-state index in [4.69, 9.17) is 4.74 Å². The Morgan fingerprint density at radius 3 is 2.33 bits per heavy atom. The summed E-state index contributed by atoms with van der Waals surface area (Å²) in [7, 11) is 0. The average Bonchev–Trinajstić information content (AvgIpc) is 3.75. The molecule has 2 aromatic heterocycles. The molecular formula is C35H29N3O5S3. The fraction of sp³-hybridized carbons (Fsp3) is 0.0857. The van der Waals surface area contributed by atoms with Crippen LogP contribution in [-0.4, -0.2) is 36.1 Å². The van der Waals surface area contributed by atoms with E-state index in [0.29, 0.717) is 27.4 Å². The summed E-state index contributed by atoms with van der Waals surface area (Å²) in [6, 6.07) is 28.9. The van der Waals surface area contributed by atoms with Crippen LogP contribution < -0.4 is 16.0 Å². The number of nitrogens with one attached hydrogen (secondary N) is 3. The lowest BCUT2D eigenvalue weighted by atomic mass is 10.0. The van der Waals surface area contributed by atoms with Gasteiger partial charge in [-0.1, -0.05) is 60.7 Å². The molecule has 0 aliphatic heterocycles. The van der Waals surface area contributed by atoms with Crippen molar-refractivity contribution < 1.29 is 23.9 Å². The first kappa shape index (κ1) is 32.4. The Hall–Kier alpha value is -4.97. The Bertz CT molecular complexity index is 1850. The van der Waals surface area contributed by atoms with E-state index in [1.54, 1.807) is 55.5 Å². The third kappa shape index (κ3) is 8.60. The van der Waals surface area contributed by atoms with Crippen LogP contribution in [-0.2, 0) is 14.3 Å². The van der Waals surface area contributed by atoms with Gasteiger partial charge < -0.3 is 20.7 Å². The minimum absolute atomic E-state index is 0.0644. The number of amides is 3. The second-order valence-electron chi connectivity index (χ2n) is 9.65. The zero-order valence-electron chi connectivity index (χ0n) is 24.6. The molecule has 5 rings (SSSR count). The average molecular weight is 668 g/mol. The van der Waals surface area contributed by atoms with E-state index in [9.17, 15) is 19.2 Å². The van der Waals surface area contributed by atoms with E-state index < -0.39 is 17.8 Å². The third-order valence-electron chi connectivity index (χ3n) is 6.43. The first-order valence-corrected chi connectivity index (χ1v) is 17.0. The standard InChI is InChI=1S/C35H29N3O5S3/c1-2-43-35(42)31-28(23-11-5-3-6-12-23)21-46-34(31)38-30(39)22-45-26-16-9-15-25(19-26)36-33(41)29(20-27-17-10-18-44-27)37-32(40)24-13-7-4-8-14-24/h3-21H,2,22H2,1H3,(H,36,41)(H,37,40)(H,38,39)/b29-20-. The van der Waals surface area contributed by atoms with E-state index in [-0.39, 0.29) is 24.0 Å². The van der Waals surface area contributed by atoms with Crippen molar-refractivity contribution in [2.24, 2.45) is 0 Å². The zero-order valence-corrected chi connectivity index (χ0v) is 27.1. The summed E-state index contributed by atoms with van der Waals surface area (Å²) >= 11 is 3.99. The number of thiophene rings is 2. The normalized spacial score (nSPS) is 11.0. The van der Waals surface area contributed by atoms with Crippen LogP contribution in [0.4, 0.5) is 10.7 Å². The number of carbonyl (C=O) groups excluding carboxylic acids is 4. The number of anilines is 2. The lowest BCUT2D eigenvalue weighted by Gasteiger charge is -2.12. The van der Waals surface area contributed by atoms with Crippen LogP contribution in [0.2, 0.25) is 0 Å². The van der Waals surface area contributed by atoms with Crippen molar-refractivity contribution in [2.75, 3.05) is 23.0 Å². The fourth-order valence-electron chi connectivity index (χ4n) is 4.32.